The van der Waals surface area contributed by atoms with Gasteiger partial charge in [-0.15, -0.1) is 12.6 Å². The van der Waals surface area contributed by atoms with Crippen molar-refractivity contribution < 1.29 is 13.3 Å². The van der Waals surface area contributed by atoms with Crippen LogP contribution in [0.2, 0.25) is 6.04 Å². The van der Waals surface area contributed by atoms with Gasteiger partial charge in [0.1, 0.15) is 0 Å². The van der Waals surface area contributed by atoms with Crippen LogP contribution in [-0.2, 0) is 13.3 Å². The van der Waals surface area contributed by atoms with Crippen LogP contribution < -0.4 is 5.73 Å². The van der Waals surface area contributed by atoms with Gasteiger partial charge in [0.15, 0.2) is 10.3 Å². The second kappa shape index (κ2) is 8.02. The maximum Gasteiger partial charge on any atom is 0.500 e. The summed E-state index contributed by atoms with van der Waals surface area (Å²) >= 11 is 5.54. The third-order valence-electron chi connectivity index (χ3n) is 2.41. The summed E-state index contributed by atoms with van der Waals surface area (Å²) in [4.78, 5) is 11.9. The number of hydrogen-bond donors (Lipinski definition) is 2. The van der Waals surface area contributed by atoms with E-state index in [2.05, 4.69) is 27.6 Å². The molecule has 0 radical (unpaired) electrons. The van der Waals surface area contributed by atoms with Crippen molar-refractivity contribution in [3.05, 3.63) is 0 Å². The fourth-order valence-electron chi connectivity index (χ4n) is 1.43. The molecule has 1 aromatic heterocycles. The summed E-state index contributed by atoms with van der Waals surface area (Å²) in [5, 5.41) is 0.890. The van der Waals surface area contributed by atoms with Crippen molar-refractivity contribution in [2.24, 2.45) is 0 Å². The van der Waals surface area contributed by atoms with E-state index in [1.54, 1.807) is 21.3 Å². The van der Waals surface area contributed by atoms with Crippen molar-refractivity contribution in [3.8, 4) is 0 Å². The van der Waals surface area contributed by atoms with Gasteiger partial charge < -0.3 is 19.0 Å². The third-order valence-corrected chi connectivity index (χ3v) is 6.38. The van der Waals surface area contributed by atoms with Crippen LogP contribution in [0.3, 0.4) is 0 Å². The molecule has 0 aliphatic rings. The number of aromatic nitrogens is 3. The minimum Gasteiger partial charge on any atom is -0.377 e. The van der Waals surface area contributed by atoms with Gasteiger partial charge in [0, 0.05) is 33.1 Å². The Morgan fingerprint density at radius 2 is 1.79 bits per heavy atom. The Hall–Kier alpha value is -0.393. The monoisotopic (exact) mass is 322 g/mol. The van der Waals surface area contributed by atoms with Gasteiger partial charge in [-0.25, -0.2) is 0 Å². The van der Waals surface area contributed by atoms with E-state index in [9.17, 15) is 0 Å². The van der Waals surface area contributed by atoms with Crippen LogP contribution in [0.4, 0.5) is 5.95 Å². The average Bonchev–Trinajstić information content (AvgIpc) is 2.39. The average molecular weight is 322 g/mol. The molecule has 1 heterocycles. The molecule has 108 valence electrons. The molecule has 19 heavy (non-hydrogen) atoms. The summed E-state index contributed by atoms with van der Waals surface area (Å²) < 4.78 is 16.0. The lowest BCUT2D eigenvalue weighted by Crippen LogP contribution is -2.42. The summed E-state index contributed by atoms with van der Waals surface area (Å²) in [6.07, 6.45) is 0.861. The van der Waals surface area contributed by atoms with Gasteiger partial charge in [-0.1, -0.05) is 11.8 Å². The van der Waals surface area contributed by atoms with Crippen molar-refractivity contribution in [2.45, 2.75) is 22.8 Å². The molecule has 1 aromatic rings. The van der Waals surface area contributed by atoms with Crippen molar-refractivity contribution in [2.75, 3.05) is 32.8 Å². The third kappa shape index (κ3) is 5.24. The molecule has 0 spiro atoms. The van der Waals surface area contributed by atoms with Crippen LogP contribution in [0.1, 0.15) is 6.42 Å². The van der Waals surface area contributed by atoms with Crippen LogP contribution in [0.5, 0.6) is 0 Å². The van der Waals surface area contributed by atoms with E-state index in [-0.39, 0.29) is 5.95 Å². The van der Waals surface area contributed by atoms with Crippen molar-refractivity contribution in [1.82, 2.24) is 15.0 Å². The normalized spacial score (nSPS) is 11.8. The van der Waals surface area contributed by atoms with Gasteiger partial charge in [0.25, 0.3) is 0 Å². The maximum atomic E-state index is 5.52. The standard InChI is InChI=1S/C9H18N4O3S2Si/c1-14-19(15-2,16-3)6-4-5-18-9-12-7(10)11-8(17)13-9/h4-6H2,1-3H3,(H3,10,11,12,13,17). The fraction of sp³-hybridized carbons (Fsp3) is 0.667. The second-order valence-corrected chi connectivity index (χ2v) is 8.08. The topological polar surface area (TPSA) is 92.4 Å². The Balaban J connectivity index is 2.42. The highest BCUT2D eigenvalue weighted by Gasteiger charge is 2.36. The van der Waals surface area contributed by atoms with Crippen molar-refractivity contribution >= 4 is 39.1 Å². The zero-order valence-electron chi connectivity index (χ0n) is 11.1. The minimum absolute atomic E-state index is 0.178. The molecular weight excluding hydrogens is 304 g/mol. The quantitative estimate of drug-likeness (QED) is 0.318. The molecule has 0 unspecified atom stereocenters. The molecule has 0 saturated carbocycles. The molecule has 0 saturated heterocycles. The van der Waals surface area contributed by atoms with Crippen molar-refractivity contribution in [3.63, 3.8) is 0 Å². The highest BCUT2D eigenvalue weighted by Crippen LogP contribution is 2.20. The van der Waals surface area contributed by atoms with E-state index in [1.165, 1.54) is 11.8 Å². The van der Waals surface area contributed by atoms with Crippen LogP contribution >= 0.6 is 24.4 Å². The Bertz CT molecular complexity index is 381. The predicted molar refractivity (Wildman–Crippen MR) is 78.4 cm³/mol. The second-order valence-electron chi connectivity index (χ2n) is 3.52. The first-order valence-electron chi connectivity index (χ1n) is 5.54. The molecule has 0 aliphatic carbocycles. The Kier molecular flexibility index (Phi) is 7.03. The molecule has 0 amide bonds. The molecule has 1 rings (SSSR count). The first-order chi connectivity index (χ1) is 9.05. The molecule has 7 nitrogen and oxygen atoms in total. The summed E-state index contributed by atoms with van der Waals surface area (Å²) in [5.41, 5.74) is 5.52. The molecule has 0 fully saturated rings. The van der Waals surface area contributed by atoms with Gasteiger partial charge in [0.2, 0.25) is 5.95 Å². The summed E-state index contributed by atoms with van der Waals surface area (Å²) in [5.74, 6) is 0.985. The van der Waals surface area contributed by atoms with Gasteiger partial charge in [-0.2, -0.15) is 15.0 Å². The SMILES string of the molecule is CO[Si](CCCSc1nc(N)nc(S)n1)(OC)OC. The lowest BCUT2D eigenvalue weighted by atomic mass is 10.6. The lowest BCUT2D eigenvalue weighted by molar-refractivity contribution is 0.123. The van der Waals surface area contributed by atoms with Crippen LogP contribution in [0, 0.1) is 0 Å². The molecule has 0 bridgehead atoms. The van der Waals surface area contributed by atoms with Gasteiger partial charge in [0.05, 0.1) is 0 Å². The van der Waals surface area contributed by atoms with Crippen LogP contribution in [-0.4, -0.2) is 50.8 Å². The van der Waals surface area contributed by atoms with E-state index in [0.29, 0.717) is 10.3 Å². The number of thioether (sulfide) groups is 1. The van der Waals surface area contributed by atoms with E-state index in [0.717, 1.165) is 18.2 Å². The maximum absolute atomic E-state index is 5.52. The summed E-state index contributed by atoms with van der Waals surface area (Å²) in [6, 6.07) is 0.734. The highest BCUT2D eigenvalue weighted by molar-refractivity contribution is 7.99. The summed E-state index contributed by atoms with van der Waals surface area (Å²) in [6.45, 7) is 0. The minimum atomic E-state index is -2.48. The first-order valence-corrected chi connectivity index (χ1v) is 8.90. The number of thiol groups is 1. The number of nitrogen functional groups attached to an aromatic ring is 1. The number of nitrogens with two attached hydrogens (primary N) is 1. The molecule has 0 atom stereocenters. The molecular formula is C9H18N4O3S2Si. The van der Waals surface area contributed by atoms with Crippen LogP contribution in [0.15, 0.2) is 10.3 Å². The largest absolute Gasteiger partial charge is 0.500 e. The number of rotatable bonds is 8. The highest BCUT2D eigenvalue weighted by atomic mass is 32.2. The zero-order valence-corrected chi connectivity index (χ0v) is 13.8. The Morgan fingerprint density at radius 1 is 1.16 bits per heavy atom. The van der Waals surface area contributed by atoms with E-state index in [1.807, 2.05) is 0 Å². The van der Waals surface area contributed by atoms with E-state index >= 15 is 0 Å². The fourth-order valence-corrected chi connectivity index (χ4v) is 4.46. The predicted octanol–water partition coefficient (Wildman–Crippen LogP) is 1.10. The molecule has 0 aliphatic heterocycles. The van der Waals surface area contributed by atoms with E-state index in [4.69, 9.17) is 19.0 Å². The smallest absolute Gasteiger partial charge is 0.377 e. The van der Waals surface area contributed by atoms with Crippen molar-refractivity contribution in [1.29, 1.82) is 0 Å². The molecule has 0 aromatic carbocycles. The zero-order chi connectivity index (χ0) is 14.3. The molecule has 10 heteroatoms. The number of anilines is 1. The van der Waals surface area contributed by atoms with Crippen LogP contribution in [0.25, 0.3) is 0 Å². The molecule has 2 N–H and O–H groups in total. The van der Waals surface area contributed by atoms with Gasteiger partial charge in [-0.3, -0.25) is 0 Å². The lowest BCUT2D eigenvalue weighted by Gasteiger charge is -2.23. The Labute approximate surface area is 123 Å². The number of hydrogen-bond acceptors (Lipinski definition) is 9. The first kappa shape index (κ1) is 16.7. The van der Waals surface area contributed by atoms with E-state index < -0.39 is 8.80 Å². The Morgan fingerprint density at radius 3 is 2.32 bits per heavy atom. The summed E-state index contributed by atoms with van der Waals surface area (Å²) in [7, 11) is 2.33. The van der Waals surface area contributed by atoms with Gasteiger partial charge >= 0.3 is 8.80 Å². The van der Waals surface area contributed by atoms with Gasteiger partial charge in [-0.05, 0) is 6.42 Å². The number of nitrogens with zero attached hydrogens (tertiary/aromatic N) is 3.